The van der Waals surface area contributed by atoms with Crippen LogP contribution in [0.4, 0.5) is 11.4 Å². The van der Waals surface area contributed by atoms with Gasteiger partial charge in [0.1, 0.15) is 28.2 Å². The Kier molecular flexibility index (Phi) is 17.6. The maximum Gasteiger partial charge on any atom is 1.00 e. The summed E-state index contributed by atoms with van der Waals surface area (Å²) < 4.78 is 80.0. The second-order valence-corrected chi connectivity index (χ2v) is 22.3. The number of ether oxygens (including phenoxy) is 1. The van der Waals surface area contributed by atoms with Gasteiger partial charge in [0.25, 0.3) is 23.6 Å². The topological polar surface area (TPSA) is 251 Å². The quantitative estimate of drug-likeness (QED) is 0.0707. The van der Waals surface area contributed by atoms with Gasteiger partial charge in [-0.2, -0.15) is 9.64 Å². The van der Waals surface area contributed by atoms with Crippen LogP contribution in [0.5, 0.6) is 5.75 Å². The molecule has 376 valence electrons. The number of hydrogen-bond donors (Lipinski definition) is 1. The average molecular weight is 1030 g/mol. The van der Waals surface area contributed by atoms with E-state index in [0.717, 1.165) is 40.4 Å². The van der Waals surface area contributed by atoms with Crippen molar-refractivity contribution >= 4 is 78.1 Å². The van der Waals surface area contributed by atoms with E-state index in [1.54, 1.807) is 16.7 Å². The molecule has 0 bridgehead atoms. The molecule has 0 aliphatic carbocycles. The molecule has 1 N–H and O–H groups in total. The number of benzene rings is 2. The molecule has 5 heterocycles. The minimum Gasteiger partial charge on any atom is -0.748 e. The Morgan fingerprint density at radius 3 is 2.10 bits per heavy atom. The Labute approximate surface area is 437 Å². The van der Waals surface area contributed by atoms with E-state index in [2.05, 4.69) is 71.6 Å². The van der Waals surface area contributed by atoms with Gasteiger partial charge in [-0.15, -0.1) is 5.06 Å². The molecule has 0 spiro atoms. The number of imide groups is 2. The van der Waals surface area contributed by atoms with Crippen molar-refractivity contribution in [1.29, 1.82) is 0 Å². The van der Waals surface area contributed by atoms with Gasteiger partial charge in [-0.25, -0.2) is 21.6 Å². The molecule has 1 unspecified atom stereocenters. The molecule has 71 heavy (non-hydrogen) atoms. The molecular weight excluding hydrogens is 968 g/mol. The van der Waals surface area contributed by atoms with E-state index in [4.69, 9.17) is 14.8 Å². The van der Waals surface area contributed by atoms with E-state index >= 15 is 0 Å². The van der Waals surface area contributed by atoms with E-state index in [1.807, 2.05) is 31.2 Å². The fraction of sp³-hybridized carbons (Fsp3) is 0.440. The zero-order valence-electron chi connectivity index (χ0n) is 41.6. The van der Waals surface area contributed by atoms with Gasteiger partial charge in [-0.1, -0.05) is 51.2 Å². The summed E-state index contributed by atoms with van der Waals surface area (Å²) in [7, 11) is -9.45. The van der Waals surface area contributed by atoms with E-state index in [0.29, 0.717) is 22.0 Å². The van der Waals surface area contributed by atoms with Gasteiger partial charge in [-0.05, 0) is 82.9 Å². The minimum atomic E-state index is -4.89. The van der Waals surface area contributed by atoms with Gasteiger partial charge in [0, 0.05) is 96.8 Å². The number of carbonyl (C=O) groups excluding carboxylic acids is 5. The number of likely N-dealkylation sites (N-methyl/N-ethyl adjacent to an activating group) is 1. The standard InChI is InChI=1S/C46H55N3O11S2.C4H5NO3.Na/c1-9-48-37-28-38-34(27-33(37)30(2)29-45(48,6)7)31(25-40(59-38)44(3,4)5)15-11-10-12-16-39-46(8,22-13-17-43(52)60-49-41(50)20-21-42(49)51)35-26-32(62(56,57)58)18-19-36(35)47(39)23-14-24-61(53,54)55;6-3-1-2-4(7)5(3)8;/h10-12,15-16,18-19,25-29H,9,13-14,17,20-24H2,1-8H3,(H-,53,54,55,56,57,58);8H,1-2H2;/q;;+1/p-1. The number of carbonyl (C=O) groups is 5. The first-order valence-corrected chi connectivity index (χ1v) is 26.0. The second-order valence-electron chi connectivity index (χ2n) is 19.4. The average Bonchev–Trinajstić information content (AvgIpc) is 3.82. The first-order valence-electron chi connectivity index (χ1n) is 23.0. The molecule has 4 amide bonds. The van der Waals surface area contributed by atoms with Crippen molar-refractivity contribution in [2.45, 2.75) is 123 Å². The molecule has 7 rings (SSSR count). The van der Waals surface area contributed by atoms with Crippen molar-refractivity contribution in [3.05, 3.63) is 95.3 Å². The molecule has 2 fully saturated rings. The molecule has 0 saturated carbocycles. The zero-order valence-corrected chi connectivity index (χ0v) is 45.2. The molecule has 0 radical (unpaired) electrons. The fourth-order valence-corrected chi connectivity index (χ4v) is 10.3. The van der Waals surface area contributed by atoms with Gasteiger partial charge in [0.2, 0.25) is 5.69 Å². The predicted octanol–water partition coefficient (Wildman–Crippen LogP) is 3.73. The van der Waals surface area contributed by atoms with E-state index in [1.165, 1.54) is 23.8 Å². The maximum absolute atomic E-state index is 12.8. The molecule has 2 saturated heterocycles. The molecule has 21 heteroatoms. The molecule has 2 aromatic rings. The Balaban J connectivity index is 0.000000946. The van der Waals surface area contributed by atoms with Crippen molar-refractivity contribution < 1.29 is 98.8 Å². The summed E-state index contributed by atoms with van der Waals surface area (Å²) in [6.07, 6.45) is 13.9. The van der Waals surface area contributed by atoms with Gasteiger partial charge in [0.15, 0.2) is 5.71 Å². The Bertz CT molecular complexity index is 2910. The van der Waals surface area contributed by atoms with Crippen LogP contribution in [0, 0.1) is 5.41 Å². The summed E-state index contributed by atoms with van der Waals surface area (Å²) in [6, 6.07) is 8.23. The van der Waals surface area contributed by atoms with Crippen molar-refractivity contribution in [2.24, 2.45) is 5.41 Å². The summed E-state index contributed by atoms with van der Waals surface area (Å²) in [6.45, 7) is 17.6. The van der Waals surface area contributed by atoms with Crippen molar-refractivity contribution in [2.75, 3.05) is 23.7 Å². The minimum absolute atomic E-state index is 0. The van der Waals surface area contributed by atoms with Crippen molar-refractivity contribution in [3.63, 3.8) is 0 Å². The normalized spacial score (nSPS) is 20.4. The van der Waals surface area contributed by atoms with E-state index in [-0.39, 0.29) is 103 Å². The van der Waals surface area contributed by atoms with Gasteiger partial charge >= 0.3 is 35.5 Å². The van der Waals surface area contributed by atoms with Crippen LogP contribution < -0.4 is 39.2 Å². The molecule has 5 aliphatic heterocycles. The first kappa shape index (κ1) is 56.8. The summed E-state index contributed by atoms with van der Waals surface area (Å²) in [5.74, 6) is -2.14. The first-order chi connectivity index (χ1) is 32.6. The number of hydrogen-bond acceptors (Lipinski definition) is 15. The molecule has 2 aromatic carbocycles. The third kappa shape index (κ3) is 13.0. The summed E-state index contributed by atoms with van der Waals surface area (Å²) in [5, 5.41) is 9.04. The number of amides is 4. The fourth-order valence-electron chi connectivity index (χ4n) is 9.28. The number of rotatable bonds is 14. The number of fused-ring (bicyclic) bond motifs is 3. The number of anilines is 1. The SMILES string of the molecule is CCN1c2cc3c(cc2C(C)=CC1(C)C)/C(=C/C=C/C=C/C1=[N+](CCCS(=O)(=O)[O-])c2ccc(S(=O)(=O)[O-])cc2C1(C)CCCC(=O)ON1C(=O)CCC1=O)C=C(C(C)(C)C)O3.O=C1CCC(=O)N1O.[Na+]. The van der Waals surface area contributed by atoms with Crippen LogP contribution in [0.25, 0.3) is 11.1 Å². The van der Waals surface area contributed by atoms with Gasteiger partial charge < -0.3 is 23.6 Å². The smallest absolute Gasteiger partial charge is 0.748 e. The maximum atomic E-state index is 12.8. The van der Waals surface area contributed by atoms with E-state index in [9.17, 15) is 49.9 Å². The Morgan fingerprint density at radius 2 is 1.54 bits per heavy atom. The summed E-state index contributed by atoms with van der Waals surface area (Å²) in [5.41, 5.74) is 5.28. The van der Waals surface area contributed by atoms with Crippen LogP contribution in [-0.4, -0.2) is 106 Å². The summed E-state index contributed by atoms with van der Waals surface area (Å²) in [4.78, 5) is 64.3. The van der Waals surface area contributed by atoms with Crippen molar-refractivity contribution in [1.82, 2.24) is 10.1 Å². The third-order valence-electron chi connectivity index (χ3n) is 12.8. The molecule has 18 nitrogen and oxygen atoms in total. The zero-order chi connectivity index (χ0) is 51.7. The van der Waals surface area contributed by atoms with Crippen LogP contribution >= 0.6 is 0 Å². The van der Waals surface area contributed by atoms with Gasteiger partial charge in [0.05, 0.1) is 26.0 Å². The Morgan fingerprint density at radius 1 is 0.901 bits per heavy atom. The summed E-state index contributed by atoms with van der Waals surface area (Å²) >= 11 is 0. The third-order valence-corrected chi connectivity index (χ3v) is 14.4. The molecule has 5 aliphatic rings. The van der Waals surface area contributed by atoms with E-state index < -0.39 is 65.9 Å². The van der Waals surface area contributed by atoms with Crippen LogP contribution in [0.1, 0.15) is 123 Å². The monoisotopic (exact) mass is 1030 g/mol. The molecule has 0 aromatic heterocycles. The van der Waals surface area contributed by atoms with Crippen molar-refractivity contribution in [3.8, 4) is 5.75 Å². The van der Waals surface area contributed by atoms with Crippen LogP contribution in [0.15, 0.2) is 83.5 Å². The molecular formula is C50H59N4NaO14S2. The second kappa shape index (κ2) is 22.0. The van der Waals surface area contributed by atoms with Gasteiger partial charge in [-0.3, -0.25) is 24.4 Å². The largest absolute Gasteiger partial charge is 1.00 e. The number of nitrogens with zero attached hydrogens (tertiary/aromatic N) is 4. The van der Waals surface area contributed by atoms with Crippen LogP contribution in [-0.2, 0) is 54.5 Å². The predicted molar refractivity (Wildman–Crippen MR) is 256 cm³/mol. The number of allylic oxidation sites excluding steroid dienone is 9. The van der Waals surface area contributed by atoms with Crippen LogP contribution in [0.3, 0.4) is 0 Å². The molecule has 1 atom stereocenters. The number of hydroxylamine groups is 4. The Hall–Kier alpha value is -5.06. The van der Waals surface area contributed by atoms with Crippen LogP contribution in [0.2, 0.25) is 0 Å².